The van der Waals surface area contributed by atoms with Gasteiger partial charge in [-0.25, -0.2) is 21.6 Å². The Hall–Kier alpha value is -2.66. The molecule has 5 rings (SSSR count). The SMILES string of the molecule is O=C(Nc1ccc(F)c(S(=O)(=O)N2CCCC(F)(F)C2)c1)c1ccncc1N1CCC2(CC1)CC2. The number of amides is 1. The summed E-state index contributed by atoms with van der Waals surface area (Å²) in [6, 6.07) is 4.73. The third kappa shape index (κ3) is 4.88. The van der Waals surface area contributed by atoms with Gasteiger partial charge in [0.2, 0.25) is 10.0 Å². The van der Waals surface area contributed by atoms with E-state index in [9.17, 15) is 26.4 Å². The highest BCUT2D eigenvalue weighted by Crippen LogP contribution is 2.54. The summed E-state index contributed by atoms with van der Waals surface area (Å²) in [5, 5.41) is 2.63. The molecule has 1 saturated carbocycles. The Morgan fingerprint density at radius 2 is 1.77 bits per heavy atom. The number of nitrogens with zero attached hydrogens (tertiary/aromatic N) is 3. The van der Waals surface area contributed by atoms with E-state index in [0.717, 1.165) is 38.1 Å². The molecule has 3 fully saturated rings. The van der Waals surface area contributed by atoms with Crippen LogP contribution in [0.15, 0.2) is 41.6 Å². The third-order valence-electron chi connectivity index (χ3n) is 7.33. The van der Waals surface area contributed by atoms with E-state index < -0.39 is 45.5 Å². The molecule has 1 spiro atoms. The Labute approximate surface area is 202 Å². The smallest absolute Gasteiger partial charge is 0.261 e. The van der Waals surface area contributed by atoms with Crippen LogP contribution in [0.1, 0.15) is 48.9 Å². The lowest BCUT2D eigenvalue weighted by Gasteiger charge is -2.34. The second kappa shape index (κ2) is 8.77. The van der Waals surface area contributed by atoms with Crippen molar-refractivity contribution in [2.24, 2.45) is 5.41 Å². The Bertz CT molecular complexity index is 1240. The number of pyridine rings is 1. The van der Waals surface area contributed by atoms with E-state index in [1.165, 1.54) is 25.1 Å². The van der Waals surface area contributed by atoms with Crippen LogP contribution >= 0.6 is 0 Å². The lowest BCUT2D eigenvalue weighted by molar-refractivity contribution is -0.0434. The molecule has 3 aliphatic rings. The predicted octanol–water partition coefficient (Wildman–Crippen LogP) is 4.27. The molecule has 2 aliphatic heterocycles. The summed E-state index contributed by atoms with van der Waals surface area (Å²) in [5.74, 6) is -4.73. The quantitative estimate of drug-likeness (QED) is 0.652. The van der Waals surface area contributed by atoms with E-state index in [-0.39, 0.29) is 18.7 Å². The molecule has 188 valence electrons. The van der Waals surface area contributed by atoms with Gasteiger partial charge in [0, 0.05) is 37.9 Å². The molecule has 0 atom stereocenters. The zero-order valence-corrected chi connectivity index (χ0v) is 20.0. The van der Waals surface area contributed by atoms with Gasteiger partial charge in [0.1, 0.15) is 10.7 Å². The lowest BCUT2D eigenvalue weighted by atomic mass is 9.93. The first-order valence-electron chi connectivity index (χ1n) is 11.8. The minimum absolute atomic E-state index is 0.0211. The number of alkyl halides is 2. The third-order valence-corrected chi connectivity index (χ3v) is 9.19. The van der Waals surface area contributed by atoms with Crippen molar-refractivity contribution in [1.82, 2.24) is 9.29 Å². The molecular weight excluding hydrogens is 481 g/mol. The van der Waals surface area contributed by atoms with Crippen molar-refractivity contribution in [1.29, 1.82) is 0 Å². The zero-order valence-electron chi connectivity index (χ0n) is 19.1. The molecule has 1 N–H and O–H groups in total. The molecule has 0 radical (unpaired) electrons. The van der Waals surface area contributed by atoms with Gasteiger partial charge < -0.3 is 10.2 Å². The number of hydrogen-bond donors (Lipinski definition) is 1. The first-order valence-corrected chi connectivity index (χ1v) is 13.2. The molecule has 3 heterocycles. The number of rotatable bonds is 5. The van der Waals surface area contributed by atoms with Crippen molar-refractivity contribution >= 4 is 27.3 Å². The molecule has 11 heteroatoms. The van der Waals surface area contributed by atoms with Gasteiger partial charge in [0.15, 0.2) is 0 Å². The number of carbonyl (C=O) groups excluding carboxylic acids is 1. The van der Waals surface area contributed by atoms with Crippen molar-refractivity contribution in [2.75, 3.05) is 36.4 Å². The topological polar surface area (TPSA) is 82.6 Å². The summed E-state index contributed by atoms with van der Waals surface area (Å²) in [4.78, 5) is 18.7. The number of nitrogens with one attached hydrogen (secondary N) is 1. The largest absolute Gasteiger partial charge is 0.370 e. The molecule has 7 nitrogen and oxygen atoms in total. The van der Waals surface area contributed by atoms with Crippen LogP contribution in [0.3, 0.4) is 0 Å². The Kier molecular flexibility index (Phi) is 6.03. The summed E-state index contributed by atoms with van der Waals surface area (Å²) < 4.78 is 68.6. The number of anilines is 2. The van der Waals surface area contributed by atoms with Crippen LogP contribution in [0.2, 0.25) is 0 Å². The van der Waals surface area contributed by atoms with Crippen molar-refractivity contribution in [3.63, 3.8) is 0 Å². The lowest BCUT2D eigenvalue weighted by Crippen LogP contribution is -2.45. The molecule has 1 amide bonds. The molecule has 0 unspecified atom stereocenters. The highest BCUT2D eigenvalue weighted by atomic mass is 32.2. The molecule has 2 saturated heterocycles. The first kappa shape index (κ1) is 24.1. The Morgan fingerprint density at radius 1 is 1.03 bits per heavy atom. The fourth-order valence-corrected chi connectivity index (χ4v) is 6.58. The van der Waals surface area contributed by atoms with Crippen molar-refractivity contribution in [3.05, 3.63) is 48.0 Å². The minimum atomic E-state index is -4.51. The summed E-state index contributed by atoms with van der Waals surface area (Å²) in [6.45, 7) is 0.533. The number of benzene rings is 1. The highest BCUT2D eigenvalue weighted by Gasteiger charge is 2.45. The number of carbonyl (C=O) groups is 1. The van der Waals surface area contributed by atoms with Gasteiger partial charge in [-0.3, -0.25) is 9.78 Å². The van der Waals surface area contributed by atoms with Crippen LogP contribution in [0, 0.1) is 11.2 Å². The van der Waals surface area contributed by atoms with E-state index in [1.54, 1.807) is 12.3 Å². The molecule has 2 aromatic rings. The zero-order chi connectivity index (χ0) is 24.8. The number of halogens is 3. The van der Waals surface area contributed by atoms with Gasteiger partial charge >= 0.3 is 0 Å². The number of piperidine rings is 2. The van der Waals surface area contributed by atoms with Gasteiger partial charge in [0.25, 0.3) is 11.8 Å². The Balaban J connectivity index is 1.36. The highest BCUT2D eigenvalue weighted by molar-refractivity contribution is 7.89. The van der Waals surface area contributed by atoms with E-state index in [4.69, 9.17) is 0 Å². The van der Waals surface area contributed by atoms with Crippen LogP contribution in [-0.2, 0) is 10.0 Å². The monoisotopic (exact) mass is 508 g/mol. The summed E-state index contributed by atoms with van der Waals surface area (Å²) in [7, 11) is -4.51. The van der Waals surface area contributed by atoms with Gasteiger partial charge in [-0.05, 0) is 61.8 Å². The summed E-state index contributed by atoms with van der Waals surface area (Å²) >= 11 is 0. The normalized spacial score (nSPS) is 21.6. The summed E-state index contributed by atoms with van der Waals surface area (Å²) in [5.41, 5.74) is 1.58. The van der Waals surface area contributed by atoms with Crippen LogP contribution in [-0.4, -0.2) is 55.7 Å². The van der Waals surface area contributed by atoms with Crippen molar-refractivity contribution < 1.29 is 26.4 Å². The molecule has 0 bridgehead atoms. The van der Waals surface area contributed by atoms with Crippen molar-refractivity contribution in [3.8, 4) is 0 Å². The number of aromatic nitrogens is 1. The first-order chi connectivity index (χ1) is 16.6. The average Bonchev–Trinajstić information content (AvgIpc) is 3.58. The molecular formula is C24H27F3N4O3S. The second-order valence-electron chi connectivity index (χ2n) is 9.78. The summed E-state index contributed by atoms with van der Waals surface area (Å²) in [6.07, 6.45) is 7.35. The molecule has 1 aromatic carbocycles. The maximum absolute atomic E-state index is 14.5. The van der Waals surface area contributed by atoms with Crippen LogP contribution in [0.4, 0.5) is 24.5 Å². The standard InChI is InChI=1S/C24H27F3N4O3S/c25-19-3-2-17(14-21(19)35(33,34)31-11-1-5-24(26,27)16-31)29-22(32)18-4-10-28-15-20(18)30-12-8-23(6-7-23)9-13-30/h2-4,10,14-15H,1,5-9,11-13,16H2,(H,29,32). The van der Waals surface area contributed by atoms with Crippen LogP contribution in [0.25, 0.3) is 0 Å². The van der Waals surface area contributed by atoms with E-state index in [2.05, 4.69) is 15.2 Å². The van der Waals surface area contributed by atoms with Crippen LogP contribution in [0.5, 0.6) is 0 Å². The Morgan fingerprint density at radius 3 is 2.46 bits per heavy atom. The minimum Gasteiger partial charge on any atom is -0.370 e. The van der Waals surface area contributed by atoms with E-state index in [1.807, 2.05) is 0 Å². The number of sulfonamides is 1. The van der Waals surface area contributed by atoms with Gasteiger partial charge in [0.05, 0.1) is 24.0 Å². The molecule has 35 heavy (non-hydrogen) atoms. The van der Waals surface area contributed by atoms with Gasteiger partial charge in [-0.2, -0.15) is 4.31 Å². The molecule has 1 aromatic heterocycles. The van der Waals surface area contributed by atoms with Gasteiger partial charge in [-0.15, -0.1) is 0 Å². The molecule has 1 aliphatic carbocycles. The maximum atomic E-state index is 14.5. The second-order valence-corrected chi connectivity index (χ2v) is 11.7. The average molecular weight is 509 g/mol. The maximum Gasteiger partial charge on any atom is 0.261 e. The fourth-order valence-electron chi connectivity index (χ4n) is 4.98. The van der Waals surface area contributed by atoms with Crippen LogP contribution < -0.4 is 10.2 Å². The van der Waals surface area contributed by atoms with Crippen molar-refractivity contribution in [2.45, 2.75) is 49.3 Å². The predicted molar refractivity (Wildman–Crippen MR) is 125 cm³/mol. The van der Waals surface area contributed by atoms with E-state index in [0.29, 0.717) is 21.0 Å². The number of hydrogen-bond acceptors (Lipinski definition) is 5. The van der Waals surface area contributed by atoms with Gasteiger partial charge in [-0.1, -0.05) is 0 Å². The van der Waals surface area contributed by atoms with E-state index >= 15 is 0 Å². The fraction of sp³-hybridized carbons (Fsp3) is 0.500.